The number of piperidine rings is 2. The van der Waals surface area contributed by atoms with Gasteiger partial charge in [0.1, 0.15) is 0 Å². The van der Waals surface area contributed by atoms with Crippen LogP contribution in [0.3, 0.4) is 0 Å². The van der Waals surface area contributed by atoms with Crippen LogP contribution in [0.2, 0.25) is 0 Å². The molecule has 0 saturated carbocycles. The number of fused-ring (bicyclic) bond motifs is 2. The van der Waals surface area contributed by atoms with Gasteiger partial charge in [-0.3, -0.25) is 0 Å². The molecule has 0 aromatic carbocycles. The minimum atomic E-state index is 0.463. The van der Waals surface area contributed by atoms with Gasteiger partial charge in [-0.15, -0.1) is 0 Å². The Labute approximate surface area is 75.9 Å². The lowest BCUT2D eigenvalue weighted by molar-refractivity contribution is 0.0610. The van der Waals surface area contributed by atoms with Gasteiger partial charge >= 0.3 is 0 Å². The fourth-order valence-corrected chi connectivity index (χ4v) is 3.64. The maximum atomic E-state index is 3.84. The van der Waals surface area contributed by atoms with E-state index in [-0.39, 0.29) is 0 Å². The van der Waals surface area contributed by atoms with Crippen LogP contribution in [0, 0.1) is 5.92 Å². The Balaban J connectivity index is 2.19. The molecule has 1 unspecified atom stereocenters. The van der Waals surface area contributed by atoms with Crippen molar-refractivity contribution in [1.82, 2.24) is 5.32 Å². The monoisotopic (exact) mass is 167 g/mol. The fraction of sp³-hybridized carbons (Fsp3) is 1.00. The van der Waals surface area contributed by atoms with Crippen molar-refractivity contribution in [2.75, 3.05) is 0 Å². The fourth-order valence-electron chi connectivity index (χ4n) is 3.64. The molecule has 1 nitrogen and oxygen atoms in total. The molecule has 0 aromatic rings. The summed E-state index contributed by atoms with van der Waals surface area (Å²) in [6.45, 7) is 7.21. The maximum Gasteiger partial charge on any atom is 0.0161 e. The number of nitrogens with one attached hydrogen (secondary N) is 1. The predicted octanol–water partition coefficient (Wildman–Crippen LogP) is 2.71. The smallest absolute Gasteiger partial charge is 0.0161 e. The quantitative estimate of drug-likeness (QED) is 0.585. The van der Waals surface area contributed by atoms with Gasteiger partial charge < -0.3 is 5.32 Å². The maximum absolute atomic E-state index is 3.84. The van der Waals surface area contributed by atoms with Gasteiger partial charge in [0.05, 0.1) is 0 Å². The number of rotatable bonds is 0. The van der Waals surface area contributed by atoms with Crippen molar-refractivity contribution in [3.63, 3.8) is 0 Å². The second kappa shape index (κ2) is 2.47. The molecule has 2 bridgehead atoms. The Hall–Kier alpha value is -0.0400. The van der Waals surface area contributed by atoms with Crippen molar-refractivity contribution < 1.29 is 0 Å². The first-order chi connectivity index (χ1) is 5.52. The first-order valence-corrected chi connectivity index (χ1v) is 5.31. The molecule has 2 fully saturated rings. The zero-order valence-corrected chi connectivity index (χ0v) is 8.61. The van der Waals surface area contributed by atoms with Gasteiger partial charge in [0.25, 0.3) is 0 Å². The van der Waals surface area contributed by atoms with Crippen LogP contribution < -0.4 is 5.32 Å². The van der Waals surface area contributed by atoms with Crippen molar-refractivity contribution in [3.8, 4) is 0 Å². The van der Waals surface area contributed by atoms with Crippen LogP contribution in [0.5, 0.6) is 0 Å². The Kier molecular flexibility index (Phi) is 1.76. The van der Waals surface area contributed by atoms with Crippen molar-refractivity contribution in [2.24, 2.45) is 5.92 Å². The zero-order chi connectivity index (χ0) is 8.82. The van der Waals surface area contributed by atoms with Crippen LogP contribution in [0.15, 0.2) is 0 Å². The van der Waals surface area contributed by atoms with Gasteiger partial charge in [-0.05, 0) is 51.9 Å². The van der Waals surface area contributed by atoms with Crippen LogP contribution in [-0.2, 0) is 0 Å². The SMILES string of the molecule is CC1C[C@]2(C)CCC[C@](C)(C1)N2. The lowest BCUT2D eigenvalue weighted by Gasteiger charge is -2.53. The Morgan fingerprint density at radius 2 is 1.58 bits per heavy atom. The van der Waals surface area contributed by atoms with Gasteiger partial charge in [-0.1, -0.05) is 6.92 Å². The second-order valence-electron chi connectivity index (χ2n) is 5.61. The van der Waals surface area contributed by atoms with Gasteiger partial charge in [-0.25, -0.2) is 0 Å². The van der Waals surface area contributed by atoms with Crippen LogP contribution in [0.25, 0.3) is 0 Å². The molecule has 0 amide bonds. The summed E-state index contributed by atoms with van der Waals surface area (Å²) in [5, 5.41) is 3.84. The molecule has 2 saturated heterocycles. The van der Waals surface area contributed by atoms with E-state index in [9.17, 15) is 0 Å². The van der Waals surface area contributed by atoms with Crippen LogP contribution in [-0.4, -0.2) is 11.1 Å². The van der Waals surface area contributed by atoms with Crippen LogP contribution in [0.4, 0.5) is 0 Å². The minimum Gasteiger partial charge on any atom is -0.306 e. The van der Waals surface area contributed by atoms with E-state index < -0.39 is 0 Å². The first kappa shape index (κ1) is 8.55. The molecule has 0 aromatic heterocycles. The minimum absolute atomic E-state index is 0.463. The molecule has 2 rings (SSSR count). The van der Waals surface area contributed by atoms with E-state index in [0.717, 1.165) is 5.92 Å². The van der Waals surface area contributed by atoms with Crippen molar-refractivity contribution in [1.29, 1.82) is 0 Å². The molecule has 0 aliphatic carbocycles. The van der Waals surface area contributed by atoms with Gasteiger partial charge in [0.15, 0.2) is 0 Å². The zero-order valence-electron chi connectivity index (χ0n) is 8.61. The summed E-state index contributed by atoms with van der Waals surface area (Å²) in [4.78, 5) is 0. The third-order valence-corrected chi connectivity index (χ3v) is 3.66. The molecule has 2 aliphatic rings. The molecule has 0 radical (unpaired) electrons. The summed E-state index contributed by atoms with van der Waals surface area (Å²) in [6.07, 6.45) is 6.94. The molecule has 3 atom stereocenters. The molecular formula is C11H21N. The van der Waals surface area contributed by atoms with Crippen LogP contribution in [0.1, 0.15) is 52.9 Å². The van der Waals surface area contributed by atoms with E-state index in [1.54, 1.807) is 0 Å². The van der Waals surface area contributed by atoms with Crippen molar-refractivity contribution >= 4 is 0 Å². The summed E-state index contributed by atoms with van der Waals surface area (Å²) in [6, 6.07) is 0. The molecular weight excluding hydrogens is 146 g/mol. The van der Waals surface area contributed by atoms with E-state index in [1.807, 2.05) is 0 Å². The molecule has 1 heteroatoms. The third kappa shape index (κ3) is 1.39. The Morgan fingerprint density at radius 1 is 1.08 bits per heavy atom. The lowest BCUT2D eigenvalue weighted by atomic mass is 9.67. The largest absolute Gasteiger partial charge is 0.306 e. The van der Waals surface area contributed by atoms with E-state index in [4.69, 9.17) is 0 Å². The average Bonchev–Trinajstić information content (AvgIpc) is 1.79. The van der Waals surface area contributed by atoms with E-state index >= 15 is 0 Å². The van der Waals surface area contributed by atoms with Gasteiger partial charge in [0.2, 0.25) is 0 Å². The standard InChI is InChI=1S/C11H21N/c1-9-7-10(2)5-4-6-11(3,8-9)12-10/h9,12H,4-8H2,1-3H3/t9?,10-,11+. The van der Waals surface area contributed by atoms with Crippen LogP contribution >= 0.6 is 0 Å². The molecule has 12 heavy (non-hydrogen) atoms. The predicted molar refractivity (Wildman–Crippen MR) is 52.2 cm³/mol. The third-order valence-electron chi connectivity index (χ3n) is 3.66. The molecule has 70 valence electrons. The number of hydrogen-bond acceptors (Lipinski definition) is 1. The Bertz CT molecular complexity index is 171. The van der Waals surface area contributed by atoms with E-state index in [2.05, 4.69) is 26.1 Å². The molecule has 0 spiro atoms. The normalized spacial score (nSPS) is 53.8. The van der Waals surface area contributed by atoms with Gasteiger partial charge in [-0.2, -0.15) is 0 Å². The lowest BCUT2D eigenvalue weighted by Crippen LogP contribution is -2.63. The summed E-state index contributed by atoms with van der Waals surface area (Å²) in [5.41, 5.74) is 0.926. The highest BCUT2D eigenvalue weighted by Crippen LogP contribution is 2.41. The molecule has 2 heterocycles. The topological polar surface area (TPSA) is 12.0 Å². The van der Waals surface area contributed by atoms with E-state index in [0.29, 0.717) is 11.1 Å². The van der Waals surface area contributed by atoms with E-state index in [1.165, 1.54) is 32.1 Å². The van der Waals surface area contributed by atoms with Crippen molar-refractivity contribution in [2.45, 2.75) is 64.0 Å². The highest BCUT2D eigenvalue weighted by Gasteiger charge is 2.43. The number of hydrogen-bond donors (Lipinski definition) is 1. The van der Waals surface area contributed by atoms with Gasteiger partial charge in [0, 0.05) is 11.1 Å². The Morgan fingerprint density at radius 3 is 2.08 bits per heavy atom. The second-order valence-corrected chi connectivity index (χ2v) is 5.61. The molecule has 2 aliphatic heterocycles. The summed E-state index contributed by atoms with van der Waals surface area (Å²) in [5.74, 6) is 0.918. The highest BCUT2D eigenvalue weighted by molar-refractivity contribution is 5.03. The average molecular weight is 167 g/mol. The first-order valence-electron chi connectivity index (χ1n) is 5.31. The molecule has 1 N–H and O–H groups in total. The summed E-state index contributed by atoms with van der Waals surface area (Å²) >= 11 is 0. The highest BCUT2D eigenvalue weighted by atomic mass is 15.1. The summed E-state index contributed by atoms with van der Waals surface area (Å²) < 4.78 is 0. The summed E-state index contributed by atoms with van der Waals surface area (Å²) in [7, 11) is 0. The van der Waals surface area contributed by atoms with Crippen molar-refractivity contribution in [3.05, 3.63) is 0 Å².